The largest absolute Gasteiger partial charge is 0.488 e. The number of aryl methyl sites for hydroxylation is 1. The molecule has 1 N–H and O–H groups in total. The van der Waals surface area contributed by atoms with Crippen LogP contribution in [0.5, 0.6) is 5.75 Å². The van der Waals surface area contributed by atoms with E-state index in [9.17, 15) is 14.7 Å². The van der Waals surface area contributed by atoms with Gasteiger partial charge in [-0.05, 0) is 69.4 Å². The van der Waals surface area contributed by atoms with Crippen LogP contribution in [0.4, 0.5) is 4.79 Å². The van der Waals surface area contributed by atoms with E-state index in [1.165, 1.54) is 19.3 Å². The Kier molecular flexibility index (Phi) is 7.11. The van der Waals surface area contributed by atoms with E-state index in [0.717, 1.165) is 43.7 Å². The summed E-state index contributed by atoms with van der Waals surface area (Å²) in [6.07, 6.45) is 8.14. The van der Waals surface area contributed by atoms with Crippen molar-refractivity contribution in [3.8, 4) is 17.1 Å². The molecule has 2 atom stereocenters. The highest BCUT2D eigenvalue weighted by Crippen LogP contribution is 2.45. The molecule has 2 aromatic rings. The zero-order valence-electron chi connectivity index (χ0n) is 21.1. The van der Waals surface area contributed by atoms with Gasteiger partial charge < -0.3 is 19.5 Å². The summed E-state index contributed by atoms with van der Waals surface area (Å²) >= 11 is 0. The number of pyridine rings is 1. The number of amides is 1. The fourth-order valence-corrected chi connectivity index (χ4v) is 5.11. The van der Waals surface area contributed by atoms with Crippen LogP contribution in [0.2, 0.25) is 0 Å². The molecule has 3 aliphatic rings. The Hall–Kier alpha value is -3.17. The van der Waals surface area contributed by atoms with E-state index >= 15 is 0 Å². The molecule has 0 radical (unpaired) electrons. The second-order valence-electron chi connectivity index (χ2n) is 10.5. The number of carboxylic acid groups (broad SMARTS) is 1. The molecule has 3 fully saturated rings. The van der Waals surface area contributed by atoms with Crippen molar-refractivity contribution in [1.82, 2.24) is 24.9 Å². The number of carboxylic acids is 1. The summed E-state index contributed by atoms with van der Waals surface area (Å²) in [6.45, 7) is 0.779. The summed E-state index contributed by atoms with van der Waals surface area (Å²) in [5, 5.41) is 17.9. The molecule has 36 heavy (non-hydrogen) atoms. The van der Waals surface area contributed by atoms with Gasteiger partial charge in [0.1, 0.15) is 23.7 Å². The van der Waals surface area contributed by atoms with Crippen LogP contribution in [-0.2, 0) is 23.2 Å². The Labute approximate surface area is 211 Å². The van der Waals surface area contributed by atoms with Crippen LogP contribution in [0.25, 0.3) is 11.4 Å². The van der Waals surface area contributed by atoms with Gasteiger partial charge in [0.25, 0.3) is 0 Å². The van der Waals surface area contributed by atoms with Crippen molar-refractivity contribution in [2.75, 3.05) is 13.6 Å². The number of rotatable bonds is 9. The molecule has 0 bridgehead atoms. The first-order valence-electron chi connectivity index (χ1n) is 13.1. The molecule has 194 valence electrons. The highest BCUT2D eigenvalue weighted by molar-refractivity contribution is 5.70. The van der Waals surface area contributed by atoms with E-state index in [0.29, 0.717) is 41.8 Å². The lowest BCUT2D eigenvalue weighted by Crippen LogP contribution is -2.34. The van der Waals surface area contributed by atoms with Crippen LogP contribution < -0.4 is 4.74 Å². The standard InChI is InChI=1S/C26H35N5O5/c1-30(14-16-5-3-6-16)26(34)35-15-21-24(28-29-31(21)2)20-11-12-22(23(27-20)17-9-10-17)36-19-8-4-7-18(13-19)25(32)33/h11-12,16-19H,3-10,13-15H2,1-2H3,(H,32,33)/t18-,19-/m0/s1. The Balaban J connectivity index is 1.29. The quantitative estimate of drug-likeness (QED) is 0.549. The van der Waals surface area contributed by atoms with Crippen molar-refractivity contribution in [1.29, 1.82) is 0 Å². The fourth-order valence-electron chi connectivity index (χ4n) is 5.11. The van der Waals surface area contributed by atoms with Crippen LogP contribution in [0.3, 0.4) is 0 Å². The van der Waals surface area contributed by atoms with Crippen LogP contribution in [0.1, 0.15) is 75.1 Å². The molecule has 2 heterocycles. The number of aliphatic carboxylic acids is 1. The third-order valence-corrected chi connectivity index (χ3v) is 7.71. The van der Waals surface area contributed by atoms with Gasteiger partial charge in [-0.15, -0.1) is 5.10 Å². The molecule has 3 aliphatic carbocycles. The lowest BCUT2D eigenvalue weighted by molar-refractivity contribution is -0.143. The van der Waals surface area contributed by atoms with E-state index in [2.05, 4.69) is 10.3 Å². The summed E-state index contributed by atoms with van der Waals surface area (Å²) in [5.41, 5.74) is 2.82. The first-order chi connectivity index (χ1) is 17.4. The van der Waals surface area contributed by atoms with E-state index in [1.807, 2.05) is 12.1 Å². The molecule has 0 aliphatic heterocycles. The maximum Gasteiger partial charge on any atom is 0.409 e. The van der Waals surface area contributed by atoms with Crippen LogP contribution >= 0.6 is 0 Å². The Morgan fingerprint density at radius 2 is 1.92 bits per heavy atom. The number of ether oxygens (including phenoxy) is 2. The zero-order valence-corrected chi connectivity index (χ0v) is 21.1. The predicted molar refractivity (Wildman–Crippen MR) is 130 cm³/mol. The lowest BCUT2D eigenvalue weighted by Gasteiger charge is -2.29. The minimum Gasteiger partial charge on any atom is -0.488 e. The highest BCUT2D eigenvalue weighted by atomic mass is 16.6. The van der Waals surface area contributed by atoms with E-state index in [1.54, 1.807) is 23.7 Å². The van der Waals surface area contributed by atoms with Gasteiger partial charge in [-0.2, -0.15) is 0 Å². The van der Waals surface area contributed by atoms with Crippen molar-refractivity contribution in [3.63, 3.8) is 0 Å². The van der Waals surface area contributed by atoms with E-state index in [4.69, 9.17) is 14.5 Å². The molecule has 0 unspecified atom stereocenters. The smallest absolute Gasteiger partial charge is 0.409 e. The second-order valence-corrected chi connectivity index (χ2v) is 10.5. The minimum atomic E-state index is -0.746. The molecule has 10 nitrogen and oxygen atoms in total. The molecule has 3 saturated carbocycles. The third-order valence-electron chi connectivity index (χ3n) is 7.71. The van der Waals surface area contributed by atoms with Gasteiger partial charge in [0, 0.05) is 26.6 Å². The summed E-state index contributed by atoms with van der Waals surface area (Å²) < 4.78 is 13.5. The fraction of sp³-hybridized carbons (Fsp3) is 0.654. The minimum absolute atomic E-state index is 0.0595. The number of aromatic nitrogens is 4. The summed E-state index contributed by atoms with van der Waals surface area (Å²) in [7, 11) is 3.55. The van der Waals surface area contributed by atoms with Crippen molar-refractivity contribution < 1.29 is 24.2 Å². The number of carbonyl (C=O) groups is 2. The Morgan fingerprint density at radius 1 is 1.14 bits per heavy atom. The first-order valence-corrected chi connectivity index (χ1v) is 13.1. The number of hydrogen-bond donors (Lipinski definition) is 1. The van der Waals surface area contributed by atoms with Crippen molar-refractivity contribution >= 4 is 12.1 Å². The number of hydrogen-bond acceptors (Lipinski definition) is 7. The molecular formula is C26H35N5O5. The third kappa shape index (κ3) is 5.47. The van der Waals surface area contributed by atoms with Crippen LogP contribution in [-0.4, -0.2) is 61.7 Å². The maximum absolute atomic E-state index is 12.5. The van der Waals surface area contributed by atoms with E-state index < -0.39 is 5.97 Å². The van der Waals surface area contributed by atoms with Gasteiger partial charge in [0.15, 0.2) is 0 Å². The topological polar surface area (TPSA) is 120 Å². The predicted octanol–water partition coefficient (Wildman–Crippen LogP) is 4.15. The SMILES string of the molecule is CN(CC1CCC1)C(=O)OCc1c(-c2ccc(O[C@H]3CCC[C@H](C(=O)O)C3)c(C3CC3)n2)nnn1C. The molecular weight excluding hydrogens is 462 g/mol. The number of nitrogens with zero attached hydrogens (tertiary/aromatic N) is 5. The summed E-state index contributed by atoms with van der Waals surface area (Å²) in [6, 6.07) is 3.77. The van der Waals surface area contributed by atoms with Crippen LogP contribution in [0, 0.1) is 11.8 Å². The van der Waals surface area contributed by atoms with Crippen LogP contribution in [0.15, 0.2) is 12.1 Å². The van der Waals surface area contributed by atoms with Crippen molar-refractivity contribution in [3.05, 3.63) is 23.5 Å². The summed E-state index contributed by atoms with van der Waals surface area (Å²) in [4.78, 5) is 30.5. The molecule has 10 heteroatoms. The number of carbonyl (C=O) groups excluding carboxylic acids is 1. The average Bonchev–Trinajstić information content (AvgIpc) is 3.62. The molecule has 5 rings (SSSR count). The van der Waals surface area contributed by atoms with Gasteiger partial charge >= 0.3 is 12.1 Å². The summed E-state index contributed by atoms with van der Waals surface area (Å²) in [5.74, 6) is 0.539. The molecule has 0 saturated heterocycles. The molecule has 2 aromatic heterocycles. The van der Waals surface area contributed by atoms with E-state index in [-0.39, 0.29) is 24.7 Å². The molecule has 0 spiro atoms. The van der Waals surface area contributed by atoms with Gasteiger partial charge in [0.05, 0.1) is 23.4 Å². The highest BCUT2D eigenvalue weighted by Gasteiger charge is 2.33. The Morgan fingerprint density at radius 3 is 2.61 bits per heavy atom. The van der Waals surface area contributed by atoms with Crippen molar-refractivity contribution in [2.45, 2.75) is 76.4 Å². The molecule has 0 aromatic carbocycles. The normalized spacial score (nSPS) is 22.1. The monoisotopic (exact) mass is 497 g/mol. The first kappa shape index (κ1) is 24.5. The average molecular weight is 498 g/mol. The van der Waals surface area contributed by atoms with Gasteiger partial charge in [-0.1, -0.05) is 11.6 Å². The maximum atomic E-state index is 12.5. The lowest BCUT2D eigenvalue weighted by atomic mass is 9.85. The van der Waals surface area contributed by atoms with Crippen molar-refractivity contribution in [2.24, 2.45) is 18.9 Å². The molecule has 1 amide bonds. The Bertz CT molecular complexity index is 1110. The second kappa shape index (κ2) is 10.4. The van der Waals surface area contributed by atoms with Gasteiger partial charge in [0.2, 0.25) is 0 Å². The zero-order chi connectivity index (χ0) is 25.2. The van der Waals surface area contributed by atoms with Gasteiger partial charge in [-0.3, -0.25) is 4.79 Å². The van der Waals surface area contributed by atoms with Gasteiger partial charge in [-0.25, -0.2) is 14.5 Å².